The SMILES string of the molecule is Cc1cc(OCc2nnc(SCc3csc(-c4ccccc4)n3)n2C)cc(C)c1Cl. The lowest BCUT2D eigenvalue weighted by molar-refractivity contribution is 0.290. The molecule has 0 atom stereocenters. The molecule has 2 heterocycles. The number of thioether (sulfide) groups is 1. The van der Waals surface area contributed by atoms with Crippen molar-refractivity contribution in [3.05, 3.63) is 75.5 Å². The summed E-state index contributed by atoms with van der Waals surface area (Å²) in [6.45, 7) is 4.29. The summed E-state index contributed by atoms with van der Waals surface area (Å²) in [5.41, 5.74) is 4.18. The van der Waals surface area contributed by atoms with E-state index in [1.54, 1.807) is 23.1 Å². The van der Waals surface area contributed by atoms with Crippen LogP contribution in [-0.2, 0) is 19.4 Å². The molecule has 5 nitrogen and oxygen atoms in total. The van der Waals surface area contributed by atoms with Crippen molar-refractivity contribution in [3.63, 3.8) is 0 Å². The number of aryl methyl sites for hydroxylation is 2. The van der Waals surface area contributed by atoms with Crippen LogP contribution in [-0.4, -0.2) is 19.7 Å². The second-order valence-electron chi connectivity index (χ2n) is 6.92. The van der Waals surface area contributed by atoms with Crippen LogP contribution in [0.5, 0.6) is 5.75 Å². The highest BCUT2D eigenvalue weighted by molar-refractivity contribution is 7.98. The van der Waals surface area contributed by atoms with Crippen molar-refractivity contribution < 1.29 is 4.74 Å². The lowest BCUT2D eigenvalue weighted by Gasteiger charge is -2.10. The summed E-state index contributed by atoms with van der Waals surface area (Å²) in [5.74, 6) is 2.29. The molecular weight excluding hydrogens is 436 g/mol. The fourth-order valence-corrected chi connectivity index (χ4v) is 4.82. The number of ether oxygens (including phenoxy) is 1. The fraction of sp³-hybridized carbons (Fsp3) is 0.227. The maximum Gasteiger partial charge on any atom is 0.191 e. The van der Waals surface area contributed by atoms with E-state index in [1.165, 1.54) is 0 Å². The van der Waals surface area contributed by atoms with E-state index in [1.807, 2.05) is 55.8 Å². The minimum Gasteiger partial charge on any atom is -0.486 e. The Bertz CT molecular complexity index is 1130. The van der Waals surface area contributed by atoms with Gasteiger partial charge in [0.2, 0.25) is 0 Å². The zero-order chi connectivity index (χ0) is 21.1. The first kappa shape index (κ1) is 20.9. The Morgan fingerprint density at radius 3 is 2.57 bits per heavy atom. The molecule has 0 aliphatic rings. The highest BCUT2D eigenvalue weighted by Crippen LogP contribution is 2.28. The van der Waals surface area contributed by atoms with Crippen molar-refractivity contribution in [1.82, 2.24) is 19.7 Å². The first-order valence-corrected chi connectivity index (χ1v) is 11.7. The van der Waals surface area contributed by atoms with Gasteiger partial charge in [0.05, 0.1) is 5.69 Å². The van der Waals surface area contributed by atoms with Gasteiger partial charge in [-0.2, -0.15) is 0 Å². The van der Waals surface area contributed by atoms with Gasteiger partial charge in [-0.15, -0.1) is 21.5 Å². The summed E-state index contributed by atoms with van der Waals surface area (Å²) in [5, 5.41) is 13.3. The Hall–Kier alpha value is -2.35. The molecule has 2 aromatic carbocycles. The van der Waals surface area contributed by atoms with E-state index in [9.17, 15) is 0 Å². The van der Waals surface area contributed by atoms with Crippen LogP contribution in [0.4, 0.5) is 0 Å². The van der Waals surface area contributed by atoms with E-state index >= 15 is 0 Å². The Kier molecular flexibility index (Phi) is 6.41. The normalized spacial score (nSPS) is 11.1. The van der Waals surface area contributed by atoms with Crippen molar-refractivity contribution in [1.29, 1.82) is 0 Å². The molecule has 0 aliphatic carbocycles. The summed E-state index contributed by atoms with van der Waals surface area (Å²) in [6, 6.07) is 14.1. The van der Waals surface area contributed by atoms with Gasteiger partial charge in [-0.25, -0.2) is 4.98 Å². The molecule has 0 aliphatic heterocycles. The summed E-state index contributed by atoms with van der Waals surface area (Å²) in [4.78, 5) is 4.74. The average Bonchev–Trinajstić information content (AvgIpc) is 3.36. The number of thiazole rings is 1. The predicted octanol–water partition coefficient (Wildman–Crippen LogP) is 6.08. The van der Waals surface area contributed by atoms with E-state index in [-0.39, 0.29) is 0 Å². The molecule has 4 aromatic rings. The van der Waals surface area contributed by atoms with E-state index in [0.717, 1.165) is 54.9 Å². The van der Waals surface area contributed by atoms with Gasteiger partial charge in [0.1, 0.15) is 17.4 Å². The number of aromatic nitrogens is 4. The molecule has 0 unspecified atom stereocenters. The Balaban J connectivity index is 1.37. The lowest BCUT2D eigenvalue weighted by atomic mass is 10.1. The van der Waals surface area contributed by atoms with Gasteiger partial charge in [-0.1, -0.05) is 53.7 Å². The molecule has 4 rings (SSSR count). The van der Waals surface area contributed by atoms with Gasteiger partial charge in [-0.05, 0) is 37.1 Å². The monoisotopic (exact) mass is 456 g/mol. The summed E-state index contributed by atoms with van der Waals surface area (Å²) >= 11 is 9.51. The maximum absolute atomic E-state index is 6.23. The van der Waals surface area contributed by atoms with Crippen molar-refractivity contribution in [2.24, 2.45) is 7.05 Å². The zero-order valence-corrected chi connectivity index (χ0v) is 19.3. The lowest BCUT2D eigenvalue weighted by Crippen LogP contribution is -2.04. The van der Waals surface area contributed by atoms with Crippen molar-refractivity contribution in [2.45, 2.75) is 31.4 Å². The number of benzene rings is 2. The second kappa shape index (κ2) is 9.20. The van der Waals surface area contributed by atoms with Crippen molar-refractivity contribution in [3.8, 4) is 16.3 Å². The highest BCUT2D eigenvalue weighted by Gasteiger charge is 2.12. The van der Waals surface area contributed by atoms with E-state index in [2.05, 4.69) is 27.7 Å². The van der Waals surface area contributed by atoms with Crippen LogP contribution < -0.4 is 4.74 Å². The molecule has 0 N–H and O–H groups in total. The van der Waals surface area contributed by atoms with Gasteiger partial charge >= 0.3 is 0 Å². The number of rotatable bonds is 7. The predicted molar refractivity (Wildman–Crippen MR) is 123 cm³/mol. The smallest absolute Gasteiger partial charge is 0.191 e. The number of hydrogen-bond acceptors (Lipinski definition) is 6. The van der Waals surface area contributed by atoms with Crippen LogP contribution in [0.25, 0.3) is 10.6 Å². The van der Waals surface area contributed by atoms with Gasteiger partial charge < -0.3 is 9.30 Å². The maximum atomic E-state index is 6.23. The largest absolute Gasteiger partial charge is 0.486 e. The third kappa shape index (κ3) is 4.69. The molecule has 0 bridgehead atoms. The molecule has 0 radical (unpaired) electrons. The van der Waals surface area contributed by atoms with E-state index in [4.69, 9.17) is 21.3 Å². The Labute approximate surface area is 189 Å². The molecule has 30 heavy (non-hydrogen) atoms. The van der Waals surface area contributed by atoms with E-state index < -0.39 is 0 Å². The fourth-order valence-electron chi connectivity index (χ4n) is 2.96. The molecular formula is C22H21ClN4OS2. The van der Waals surface area contributed by atoms with Crippen molar-refractivity contribution >= 4 is 34.7 Å². The molecule has 0 saturated carbocycles. The topological polar surface area (TPSA) is 52.8 Å². The molecule has 0 spiro atoms. The molecule has 2 aromatic heterocycles. The number of halogens is 1. The summed E-state index contributed by atoms with van der Waals surface area (Å²) < 4.78 is 7.88. The number of nitrogens with zero attached hydrogens (tertiary/aromatic N) is 4. The first-order valence-electron chi connectivity index (χ1n) is 9.41. The Morgan fingerprint density at radius 1 is 1.10 bits per heavy atom. The quantitative estimate of drug-likeness (QED) is 0.315. The number of hydrogen-bond donors (Lipinski definition) is 0. The standard InChI is InChI=1S/C22H21ClN4OS2/c1-14-9-18(10-15(2)20(14)23)28-11-19-25-26-22(27(19)3)30-13-17-12-29-21(24-17)16-7-5-4-6-8-16/h4-10,12H,11,13H2,1-3H3. The minimum absolute atomic E-state index is 0.347. The minimum atomic E-state index is 0.347. The van der Waals surface area contributed by atoms with Gasteiger partial charge in [0.25, 0.3) is 0 Å². The third-order valence-corrected chi connectivity index (χ3v) is 7.21. The average molecular weight is 457 g/mol. The van der Waals surface area contributed by atoms with Crippen LogP contribution in [0.1, 0.15) is 22.6 Å². The Morgan fingerprint density at radius 2 is 1.83 bits per heavy atom. The van der Waals surface area contributed by atoms with Crippen LogP contribution >= 0.6 is 34.7 Å². The van der Waals surface area contributed by atoms with Crippen molar-refractivity contribution in [2.75, 3.05) is 0 Å². The molecule has 0 saturated heterocycles. The molecule has 8 heteroatoms. The van der Waals surface area contributed by atoms with Gasteiger partial charge in [0.15, 0.2) is 11.0 Å². The van der Waals surface area contributed by atoms with Crippen LogP contribution in [0.15, 0.2) is 53.0 Å². The van der Waals surface area contributed by atoms with Crippen LogP contribution in [0.3, 0.4) is 0 Å². The van der Waals surface area contributed by atoms with Crippen LogP contribution in [0.2, 0.25) is 5.02 Å². The van der Waals surface area contributed by atoms with Gasteiger partial charge in [0, 0.05) is 28.8 Å². The molecule has 0 amide bonds. The third-order valence-electron chi connectivity index (χ3n) is 4.62. The second-order valence-corrected chi connectivity index (χ2v) is 9.09. The highest BCUT2D eigenvalue weighted by atomic mass is 35.5. The summed E-state index contributed by atoms with van der Waals surface area (Å²) in [7, 11) is 1.95. The van der Waals surface area contributed by atoms with E-state index in [0.29, 0.717) is 6.61 Å². The van der Waals surface area contributed by atoms with Crippen LogP contribution in [0, 0.1) is 13.8 Å². The first-order chi connectivity index (χ1) is 14.5. The molecule has 154 valence electrons. The zero-order valence-electron chi connectivity index (χ0n) is 16.9. The molecule has 0 fully saturated rings. The van der Waals surface area contributed by atoms with Gasteiger partial charge in [-0.3, -0.25) is 0 Å². The summed E-state index contributed by atoms with van der Waals surface area (Å²) in [6.07, 6.45) is 0.